The third-order valence-corrected chi connectivity index (χ3v) is 7.77. The molecule has 0 aliphatic heterocycles. The van der Waals surface area contributed by atoms with Gasteiger partial charge in [0.25, 0.3) is 0 Å². The Balaban J connectivity index is 1.35. The molecule has 0 aliphatic rings. The monoisotopic (exact) mass is 551 g/mol. The van der Waals surface area contributed by atoms with Gasteiger partial charge in [-0.3, -0.25) is 0 Å². The van der Waals surface area contributed by atoms with Gasteiger partial charge < -0.3 is 4.42 Å². The fourth-order valence-corrected chi connectivity index (χ4v) is 5.70. The molecular formula is C39H25N3O. The highest BCUT2D eigenvalue weighted by Gasteiger charge is 2.20. The Morgan fingerprint density at radius 2 is 0.721 bits per heavy atom. The summed E-state index contributed by atoms with van der Waals surface area (Å²) in [4.78, 5) is 14.9. The van der Waals surface area contributed by atoms with Crippen molar-refractivity contribution in [1.82, 2.24) is 15.0 Å². The molecule has 0 spiro atoms. The van der Waals surface area contributed by atoms with Crippen molar-refractivity contribution in [2.45, 2.75) is 0 Å². The maximum absolute atomic E-state index is 6.43. The second kappa shape index (κ2) is 10.5. The summed E-state index contributed by atoms with van der Waals surface area (Å²) in [5.41, 5.74) is 9.00. The molecule has 2 aromatic heterocycles. The second-order valence-corrected chi connectivity index (χ2v) is 10.4. The van der Waals surface area contributed by atoms with Crippen molar-refractivity contribution in [3.8, 4) is 56.4 Å². The zero-order chi connectivity index (χ0) is 28.6. The fraction of sp³-hybridized carbons (Fsp3) is 0. The molecule has 0 unspecified atom stereocenters. The van der Waals surface area contributed by atoms with Crippen LogP contribution in [-0.2, 0) is 0 Å². The van der Waals surface area contributed by atoms with Crippen LogP contribution in [0.25, 0.3) is 78.4 Å². The smallest absolute Gasteiger partial charge is 0.164 e. The van der Waals surface area contributed by atoms with Gasteiger partial charge in [0.05, 0.1) is 0 Å². The van der Waals surface area contributed by atoms with Crippen molar-refractivity contribution in [2.75, 3.05) is 0 Å². The Labute approximate surface area is 249 Å². The number of nitrogens with zero attached hydrogens (tertiary/aromatic N) is 3. The highest BCUT2D eigenvalue weighted by molar-refractivity contribution is 6.17. The number of fused-ring (bicyclic) bond motifs is 3. The standard InChI is InChI=1S/C39H25N3O/c1-4-12-26(13-5-1)27-22-24-28(25-23-27)31-18-10-20-33-35(31)36-32(19-11-21-34(36)43-33)39-41-37(29-14-6-2-7-15-29)40-38(42-39)30-16-8-3-9-17-30/h1-25H. The fourth-order valence-electron chi connectivity index (χ4n) is 5.70. The van der Waals surface area contributed by atoms with Crippen molar-refractivity contribution in [2.24, 2.45) is 0 Å². The van der Waals surface area contributed by atoms with Crippen LogP contribution in [0, 0.1) is 0 Å². The third-order valence-electron chi connectivity index (χ3n) is 7.77. The van der Waals surface area contributed by atoms with Gasteiger partial charge in [0.2, 0.25) is 0 Å². The quantitative estimate of drug-likeness (QED) is 0.214. The first-order valence-electron chi connectivity index (χ1n) is 14.3. The molecule has 0 saturated carbocycles. The predicted molar refractivity (Wildman–Crippen MR) is 174 cm³/mol. The summed E-state index contributed by atoms with van der Waals surface area (Å²) < 4.78 is 6.43. The molecule has 0 aliphatic carbocycles. The first-order valence-corrected chi connectivity index (χ1v) is 14.3. The summed E-state index contributed by atoms with van der Waals surface area (Å²) in [6, 6.07) is 51.6. The minimum atomic E-state index is 0.607. The molecule has 202 valence electrons. The molecule has 0 amide bonds. The van der Waals surface area contributed by atoms with Crippen molar-refractivity contribution in [1.29, 1.82) is 0 Å². The van der Waals surface area contributed by atoms with Gasteiger partial charge in [0, 0.05) is 27.5 Å². The van der Waals surface area contributed by atoms with Crippen LogP contribution in [0.2, 0.25) is 0 Å². The molecule has 43 heavy (non-hydrogen) atoms. The summed E-state index contributed by atoms with van der Waals surface area (Å²) in [7, 11) is 0. The SMILES string of the molecule is c1ccc(-c2ccc(-c3cccc4oc5cccc(-c6nc(-c7ccccc7)nc(-c7ccccc7)n6)c5c34)cc2)cc1. The molecule has 0 N–H and O–H groups in total. The summed E-state index contributed by atoms with van der Waals surface area (Å²) in [6.45, 7) is 0. The third kappa shape index (κ3) is 4.55. The minimum Gasteiger partial charge on any atom is -0.456 e. The van der Waals surface area contributed by atoms with Crippen molar-refractivity contribution < 1.29 is 4.42 Å². The number of hydrogen-bond donors (Lipinski definition) is 0. The van der Waals surface area contributed by atoms with Crippen LogP contribution in [-0.4, -0.2) is 15.0 Å². The predicted octanol–water partition coefficient (Wildman–Crippen LogP) is 10.1. The van der Waals surface area contributed by atoms with Crippen LogP contribution in [0.15, 0.2) is 156 Å². The topological polar surface area (TPSA) is 51.8 Å². The molecule has 8 rings (SSSR count). The van der Waals surface area contributed by atoms with Gasteiger partial charge in [-0.1, -0.05) is 140 Å². The van der Waals surface area contributed by atoms with E-state index in [1.54, 1.807) is 0 Å². The molecule has 0 saturated heterocycles. The lowest BCUT2D eigenvalue weighted by molar-refractivity contribution is 0.669. The minimum absolute atomic E-state index is 0.607. The van der Waals surface area contributed by atoms with E-state index >= 15 is 0 Å². The zero-order valence-corrected chi connectivity index (χ0v) is 23.2. The summed E-state index contributed by atoms with van der Waals surface area (Å²) >= 11 is 0. The second-order valence-electron chi connectivity index (χ2n) is 10.4. The van der Waals surface area contributed by atoms with Gasteiger partial charge in [-0.05, 0) is 34.4 Å². The Morgan fingerprint density at radius 3 is 1.28 bits per heavy atom. The summed E-state index contributed by atoms with van der Waals surface area (Å²) in [5.74, 6) is 1.87. The Bertz CT molecular complexity index is 2150. The largest absolute Gasteiger partial charge is 0.456 e. The Kier molecular flexibility index (Phi) is 6.08. The van der Waals surface area contributed by atoms with E-state index < -0.39 is 0 Å². The van der Waals surface area contributed by atoms with Gasteiger partial charge in [-0.2, -0.15) is 0 Å². The van der Waals surface area contributed by atoms with Crippen LogP contribution < -0.4 is 0 Å². The van der Waals surface area contributed by atoms with Crippen molar-refractivity contribution >= 4 is 21.9 Å². The molecule has 0 atom stereocenters. The van der Waals surface area contributed by atoms with E-state index in [9.17, 15) is 0 Å². The van der Waals surface area contributed by atoms with E-state index in [2.05, 4.69) is 66.7 Å². The molecule has 0 bridgehead atoms. The molecular weight excluding hydrogens is 526 g/mol. The van der Waals surface area contributed by atoms with Crippen LogP contribution in [0.1, 0.15) is 0 Å². The summed E-state index contributed by atoms with van der Waals surface area (Å²) in [6.07, 6.45) is 0. The molecule has 4 nitrogen and oxygen atoms in total. The van der Waals surface area contributed by atoms with E-state index in [4.69, 9.17) is 19.4 Å². The zero-order valence-electron chi connectivity index (χ0n) is 23.2. The van der Waals surface area contributed by atoms with Crippen molar-refractivity contribution in [3.05, 3.63) is 152 Å². The van der Waals surface area contributed by atoms with E-state index in [1.165, 1.54) is 11.1 Å². The highest BCUT2D eigenvalue weighted by Crippen LogP contribution is 2.41. The van der Waals surface area contributed by atoms with Crippen LogP contribution >= 0.6 is 0 Å². The number of furan rings is 1. The molecule has 6 aromatic carbocycles. The van der Waals surface area contributed by atoms with Crippen LogP contribution in [0.5, 0.6) is 0 Å². The van der Waals surface area contributed by atoms with E-state index in [0.717, 1.165) is 49.8 Å². The highest BCUT2D eigenvalue weighted by atomic mass is 16.3. The Hall–Kier alpha value is -5.87. The van der Waals surface area contributed by atoms with Gasteiger partial charge in [-0.15, -0.1) is 0 Å². The number of rotatable bonds is 5. The number of aromatic nitrogens is 3. The summed E-state index contributed by atoms with van der Waals surface area (Å²) in [5, 5.41) is 2.04. The van der Waals surface area contributed by atoms with Gasteiger partial charge in [0.1, 0.15) is 11.2 Å². The first kappa shape index (κ1) is 24.9. The van der Waals surface area contributed by atoms with E-state index in [-0.39, 0.29) is 0 Å². The average Bonchev–Trinajstić information content (AvgIpc) is 3.49. The van der Waals surface area contributed by atoms with Gasteiger partial charge in [0.15, 0.2) is 17.5 Å². The lowest BCUT2D eigenvalue weighted by atomic mass is 9.95. The number of hydrogen-bond acceptors (Lipinski definition) is 4. The average molecular weight is 552 g/mol. The van der Waals surface area contributed by atoms with E-state index in [0.29, 0.717) is 17.5 Å². The number of benzene rings is 6. The van der Waals surface area contributed by atoms with Crippen LogP contribution in [0.4, 0.5) is 0 Å². The molecule has 0 radical (unpaired) electrons. The van der Waals surface area contributed by atoms with E-state index in [1.807, 2.05) is 84.9 Å². The Morgan fingerprint density at radius 1 is 0.302 bits per heavy atom. The lowest BCUT2D eigenvalue weighted by Gasteiger charge is -2.10. The molecule has 8 aromatic rings. The maximum Gasteiger partial charge on any atom is 0.164 e. The first-order chi connectivity index (χ1) is 21.3. The van der Waals surface area contributed by atoms with Crippen molar-refractivity contribution in [3.63, 3.8) is 0 Å². The van der Waals surface area contributed by atoms with Crippen LogP contribution in [0.3, 0.4) is 0 Å². The molecule has 0 fully saturated rings. The molecule has 4 heteroatoms. The van der Waals surface area contributed by atoms with Gasteiger partial charge >= 0.3 is 0 Å². The van der Waals surface area contributed by atoms with Gasteiger partial charge in [-0.25, -0.2) is 15.0 Å². The lowest BCUT2D eigenvalue weighted by Crippen LogP contribution is -2.00. The molecule has 2 heterocycles. The normalized spacial score (nSPS) is 11.3. The maximum atomic E-state index is 6.43.